The van der Waals surface area contributed by atoms with Crippen LogP contribution in [0, 0.1) is 0 Å². The van der Waals surface area contributed by atoms with Crippen LogP contribution in [0.3, 0.4) is 0 Å². The van der Waals surface area contributed by atoms with Gasteiger partial charge in [-0.15, -0.1) is 0 Å². The summed E-state index contributed by atoms with van der Waals surface area (Å²) in [5.74, 6) is 0.615. The second-order valence-electron chi connectivity index (χ2n) is 3.97. The molecule has 0 amide bonds. The molecule has 0 aliphatic heterocycles. The summed E-state index contributed by atoms with van der Waals surface area (Å²) in [5.41, 5.74) is 0.842. The van der Waals surface area contributed by atoms with E-state index in [1.54, 1.807) is 30.6 Å². The van der Waals surface area contributed by atoms with Gasteiger partial charge in [-0.25, -0.2) is 8.42 Å². The molecular weight excluding hydrogens is 252 g/mol. The van der Waals surface area contributed by atoms with Gasteiger partial charge in [-0.05, 0) is 23.8 Å². The molecule has 0 N–H and O–H groups in total. The first-order valence-electron chi connectivity index (χ1n) is 5.42. The Balaban J connectivity index is 2.16. The standard InChI is InChI=1S/C12H14N2O3S/c1-18(15,16)14(10-12-5-3-7-17-12)9-11-4-2-6-13-8-11/h2-8H,9-10H2,1H3. The molecule has 0 aromatic carbocycles. The summed E-state index contributed by atoms with van der Waals surface area (Å²) >= 11 is 0. The van der Waals surface area contributed by atoms with Gasteiger partial charge in [0.1, 0.15) is 5.76 Å². The van der Waals surface area contributed by atoms with E-state index >= 15 is 0 Å². The lowest BCUT2D eigenvalue weighted by molar-refractivity contribution is 0.361. The lowest BCUT2D eigenvalue weighted by Crippen LogP contribution is -2.28. The molecule has 0 aliphatic rings. The van der Waals surface area contributed by atoms with Crippen LogP contribution < -0.4 is 0 Å². The van der Waals surface area contributed by atoms with Gasteiger partial charge in [-0.3, -0.25) is 4.98 Å². The van der Waals surface area contributed by atoms with Gasteiger partial charge in [0.25, 0.3) is 0 Å². The van der Waals surface area contributed by atoms with Crippen LogP contribution in [-0.2, 0) is 23.1 Å². The number of pyridine rings is 1. The lowest BCUT2D eigenvalue weighted by Gasteiger charge is -2.18. The van der Waals surface area contributed by atoms with Crippen LogP contribution in [0.1, 0.15) is 11.3 Å². The third-order valence-corrected chi connectivity index (χ3v) is 3.66. The first-order chi connectivity index (χ1) is 8.55. The number of furan rings is 1. The smallest absolute Gasteiger partial charge is 0.211 e. The van der Waals surface area contributed by atoms with Crippen LogP contribution in [0.4, 0.5) is 0 Å². The van der Waals surface area contributed by atoms with E-state index in [0.717, 1.165) is 5.56 Å². The Labute approximate surface area is 106 Å². The van der Waals surface area contributed by atoms with Gasteiger partial charge in [0.2, 0.25) is 10.0 Å². The summed E-state index contributed by atoms with van der Waals surface area (Å²) < 4.78 is 30.0. The number of aromatic nitrogens is 1. The maximum absolute atomic E-state index is 11.7. The van der Waals surface area contributed by atoms with Crippen molar-refractivity contribution in [2.24, 2.45) is 0 Å². The molecule has 5 nitrogen and oxygen atoms in total. The van der Waals surface area contributed by atoms with E-state index in [2.05, 4.69) is 4.98 Å². The van der Waals surface area contributed by atoms with Crippen LogP contribution >= 0.6 is 0 Å². The molecule has 0 spiro atoms. The predicted octanol–water partition coefficient (Wildman–Crippen LogP) is 1.64. The molecule has 96 valence electrons. The van der Waals surface area contributed by atoms with Crippen molar-refractivity contribution in [3.8, 4) is 0 Å². The summed E-state index contributed by atoms with van der Waals surface area (Å²) in [6, 6.07) is 7.11. The largest absolute Gasteiger partial charge is 0.468 e. The molecule has 0 bridgehead atoms. The van der Waals surface area contributed by atoms with Gasteiger partial charge in [0.05, 0.1) is 19.1 Å². The first-order valence-corrected chi connectivity index (χ1v) is 7.27. The Bertz CT molecular complexity index is 579. The zero-order chi connectivity index (χ0) is 13.0. The summed E-state index contributed by atoms with van der Waals surface area (Å²) in [6.07, 6.45) is 6.02. The highest BCUT2D eigenvalue weighted by Crippen LogP contribution is 2.13. The molecular formula is C12H14N2O3S. The van der Waals surface area contributed by atoms with Crippen LogP contribution in [0.2, 0.25) is 0 Å². The van der Waals surface area contributed by atoms with E-state index in [4.69, 9.17) is 4.42 Å². The van der Waals surface area contributed by atoms with Gasteiger partial charge >= 0.3 is 0 Å². The van der Waals surface area contributed by atoms with Crippen molar-refractivity contribution >= 4 is 10.0 Å². The predicted molar refractivity (Wildman–Crippen MR) is 67.0 cm³/mol. The Morgan fingerprint density at radius 1 is 1.28 bits per heavy atom. The zero-order valence-electron chi connectivity index (χ0n) is 9.98. The molecule has 2 aromatic heterocycles. The highest BCUT2D eigenvalue weighted by Gasteiger charge is 2.18. The van der Waals surface area contributed by atoms with Crippen molar-refractivity contribution in [2.75, 3.05) is 6.26 Å². The highest BCUT2D eigenvalue weighted by molar-refractivity contribution is 7.88. The molecule has 0 radical (unpaired) electrons. The van der Waals surface area contributed by atoms with Crippen LogP contribution in [-0.4, -0.2) is 24.0 Å². The number of nitrogens with zero attached hydrogens (tertiary/aromatic N) is 2. The van der Waals surface area contributed by atoms with Crippen molar-refractivity contribution in [1.82, 2.24) is 9.29 Å². The molecule has 0 atom stereocenters. The molecule has 0 unspecified atom stereocenters. The average molecular weight is 266 g/mol. The van der Waals surface area contributed by atoms with Crippen LogP contribution in [0.25, 0.3) is 0 Å². The molecule has 0 aliphatic carbocycles. The molecule has 2 rings (SSSR count). The Morgan fingerprint density at radius 3 is 2.67 bits per heavy atom. The summed E-state index contributed by atoms with van der Waals surface area (Å²) in [6.45, 7) is 0.508. The quantitative estimate of drug-likeness (QED) is 0.825. The number of hydrogen-bond acceptors (Lipinski definition) is 4. The van der Waals surface area contributed by atoms with Crippen molar-refractivity contribution in [3.63, 3.8) is 0 Å². The van der Waals surface area contributed by atoms with Gasteiger partial charge < -0.3 is 4.42 Å². The number of sulfonamides is 1. The van der Waals surface area contributed by atoms with E-state index < -0.39 is 10.0 Å². The lowest BCUT2D eigenvalue weighted by atomic mass is 10.3. The number of rotatable bonds is 5. The highest BCUT2D eigenvalue weighted by atomic mass is 32.2. The van der Waals surface area contributed by atoms with E-state index in [9.17, 15) is 8.42 Å². The Kier molecular flexibility index (Phi) is 3.78. The fraction of sp³-hybridized carbons (Fsp3) is 0.250. The van der Waals surface area contributed by atoms with Crippen LogP contribution in [0.15, 0.2) is 47.3 Å². The monoisotopic (exact) mass is 266 g/mol. The Hall–Kier alpha value is -1.66. The third-order valence-electron chi connectivity index (χ3n) is 2.46. The fourth-order valence-electron chi connectivity index (χ4n) is 1.56. The molecule has 0 saturated heterocycles. The van der Waals surface area contributed by atoms with E-state index in [1.165, 1.54) is 16.8 Å². The van der Waals surface area contributed by atoms with Crippen LogP contribution in [0.5, 0.6) is 0 Å². The fourth-order valence-corrected chi connectivity index (χ4v) is 2.31. The molecule has 6 heteroatoms. The first kappa shape index (κ1) is 12.8. The Morgan fingerprint density at radius 2 is 2.11 bits per heavy atom. The topological polar surface area (TPSA) is 63.4 Å². The second kappa shape index (κ2) is 5.32. The zero-order valence-corrected chi connectivity index (χ0v) is 10.8. The second-order valence-corrected chi connectivity index (χ2v) is 5.95. The van der Waals surface area contributed by atoms with Crippen molar-refractivity contribution < 1.29 is 12.8 Å². The SMILES string of the molecule is CS(=O)(=O)N(Cc1cccnc1)Cc1ccco1. The molecule has 18 heavy (non-hydrogen) atoms. The normalized spacial score (nSPS) is 11.9. The van der Waals surface area contributed by atoms with E-state index in [-0.39, 0.29) is 13.1 Å². The maximum atomic E-state index is 11.7. The van der Waals surface area contributed by atoms with Gasteiger partial charge in [0, 0.05) is 18.9 Å². The molecule has 0 fully saturated rings. The van der Waals surface area contributed by atoms with Gasteiger partial charge in [-0.2, -0.15) is 4.31 Å². The minimum Gasteiger partial charge on any atom is -0.468 e. The van der Waals surface area contributed by atoms with E-state index in [1.807, 2.05) is 6.07 Å². The average Bonchev–Trinajstić information content (AvgIpc) is 2.81. The van der Waals surface area contributed by atoms with E-state index in [0.29, 0.717) is 5.76 Å². The van der Waals surface area contributed by atoms with Crippen molar-refractivity contribution in [3.05, 3.63) is 54.2 Å². The molecule has 2 aromatic rings. The minimum absolute atomic E-state index is 0.223. The molecule has 2 heterocycles. The summed E-state index contributed by atoms with van der Waals surface area (Å²) in [7, 11) is -3.29. The maximum Gasteiger partial charge on any atom is 0.211 e. The minimum atomic E-state index is -3.29. The van der Waals surface area contributed by atoms with Gasteiger partial charge in [-0.1, -0.05) is 6.07 Å². The summed E-state index contributed by atoms with van der Waals surface area (Å²) in [5, 5.41) is 0. The van der Waals surface area contributed by atoms with Crippen molar-refractivity contribution in [1.29, 1.82) is 0 Å². The summed E-state index contributed by atoms with van der Waals surface area (Å²) in [4.78, 5) is 3.97. The molecule has 0 saturated carbocycles. The van der Waals surface area contributed by atoms with Crippen molar-refractivity contribution in [2.45, 2.75) is 13.1 Å². The van der Waals surface area contributed by atoms with Gasteiger partial charge in [0.15, 0.2) is 0 Å². The third kappa shape index (κ3) is 3.41. The number of hydrogen-bond donors (Lipinski definition) is 0.